The van der Waals surface area contributed by atoms with Gasteiger partial charge >= 0.3 is 11.9 Å². The van der Waals surface area contributed by atoms with Gasteiger partial charge in [0.1, 0.15) is 6.10 Å². The third-order valence-electron chi connectivity index (χ3n) is 3.71. The molecule has 6 heteroatoms. The van der Waals surface area contributed by atoms with Crippen molar-refractivity contribution in [2.24, 2.45) is 5.92 Å². The van der Waals surface area contributed by atoms with Gasteiger partial charge in [-0.25, -0.2) is 0 Å². The largest absolute Gasteiger partial charge is 0.466 e. The highest BCUT2D eigenvalue weighted by atomic mass is 16.6. The fraction of sp³-hybridized carbons (Fsp3) is 0.526. The highest BCUT2D eigenvalue weighted by Gasteiger charge is 2.32. The van der Waals surface area contributed by atoms with Gasteiger partial charge in [-0.1, -0.05) is 37.3 Å². The Morgan fingerprint density at radius 1 is 1.12 bits per heavy atom. The van der Waals surface area contributed by atoms with Gasteiger partial charge in [0.25, 0.3) is 0 Å². The van der Waals surface area contributed by atoms with Crippen LogP contribution in [0, 0.1) is 5.92 Å². The predicted molar refractivity (Wildman–Crippen MR) is 93.6 cm³/mol. The molecule has 138 valence electrons. The average molecular weight is 349 g/mol. The lowest BCUT2D eigenvalue weighted by molar-refractivity contribution is -0.162. The van der Waals surface area contributed by atoms with Crippen LogP contribution in [0.1, 0.15) is 51.7 Å². The Morgan fingerprint density at radius 3 is 2.36 bits per heavy atom. The summed E-state index contributed by atoms with van der Waals surface area (Å²) in [5, 5.41) is 2.63. The second-order valence-electron chi connectivity index (χ2n) is 5.67. The van der Waals surface area contributed by atoms with Gasteiger partial charge in [0, 0.05) is 19.9 Å². The molecule has 0 aliphatic rings. The molecule has 1 aromatic carbocycles. The lowest BCUT2D eigenvalue weighted by Crippen LogP contribution is -2.28. The molecule has 1 aromatic rings. The van der Waals surface area contributed by atoms with E-state index in [4.69, 9.17) is 9.47 Å². The summed E-state index contributed by atoms with van der Waals surface area (Å²) in [6, 6.07) is 9.20. The zero-order valence-corrected chi connectivity index (χ0v) is 15.1. The van der Waals surface area contributed by atoms with Crippen LogP contribution in [-0.2, 0) is 23.9 Å². The number of hydrogen-bond donors (Lipinski definition) is 1. The third kappa shape index (κ3) is 7.37. The van der Waals surface area contributed by atoms with Crippen molar-refractivity contribution in [2.75, 3.05) is 13.2 Å². The molecule has 0 spiro atoms. The van der Waals surface area contributed by atoms with Gasteiger partial charge in [0.2, 0.25) is 5.91 Å². The van der Waals surface area contributed by atoms with Crippen molar-refractivity contribution >= 4 is 17.8 Å². The molecule has 0 saturated heterocycles. The van der Waals surface area contributed by atoms with E-state index in [0.29, 0.717) is 19.4 Å². The lowest BCUT2D eigenvalue weighted by atomic mass is 9.93. The first kappa shape index (κ1) is 20.7. The van der Waals surface area contributed by atoms with Crippen molar-refractivity contribution < 1.29 is 23.9 Å². The molecule has 1 N–H and O–H groups in total. The Hall–Kier alpha value is -2.37. The molecule has 0 fully saturated rings. The minimum absolute atomic E-state index is 0.135. The Balaban J connectivity index is 2.79. The number of nitrogens with one attached hydrogen (secondary N) is 1. The van der Waals surface area contributed by atoms with E-state index >= 15 is 0 Å². The van der Waals surface area contributed by atoms with Gasteiger partial charge in [-0.15, -0.1) is 0 Å². The Morgan fingerprint density at radius 2 is 1.80 bits per heavy atom. The van der Waals surface area contributed by atoms with Crippen LogP contribution >= 0.6 is 0 Å². The highest BCUT2D eigenvalue weighted by molar-refractivity contribution is 5.75. The molecule has 25 heavy (non-hydrogen) atoms. The van der Waals surface area contributed by atoms with Crippen molar-refractivity contribution in [3.63, 3.8) is 0 Å². The molecule has 2 atom stereocenters. The van der Waals surface area contributed by atoms with Gasteiger partial charge in [0.15, 0.2) is 0 Å². The minimum atomic E-state index is -0.682. The molecular formula is C19H27NO5. The molecule has 0 unspecified atom stereocenters. The monoisotopic (exact) mass is 349 g/mol. The number of ether oxygens (including phenoxy) is 2. The van der Waals surface area contributed by atoms with Crippen LogP contribution in [0.5, 0.6) is 0 Å². The molecule has 0 radical (unpaired) electrons. The zero-order chi connectivity index (χ0) is 18.7. The maximum Gasteiger partial charge on any atom is 0.313 e. The molecule has 0 aliphatic heterocycles. The summed E-state index contributed by atoms with van der Waals surface area (Å²) < 4.78 is 10.7. The van der Waals surface area contributed by atoms with E-state index in [1.54, 1.807) is 6.92 Å². The predicted octanol–water partition coefficient (Wildman–Crippen LogP) is 2.78. The van der Waals surface area contributed by atoms with Gasteiger partial charge in [0.05, 0.1) is 12.5 Å². The number of rotatable bonds is 10. The Bertz CT molecular complexity index is 558. The van der Waals surface area contributed by atoms with Gasteiger partial charge in [-0.05, 0) is 25.3 Å². The van der Waals surface area contributed by atoms with Crippen LogP contribution in [0.2, 0.25) is 0 Å². The number of amides is 1. The summed E-state index contributed by atoms with van der Waals surface area (Å²) >= 11 is 0. The maximum atomic E-state index is 12.2. The summed E-state index contributed by atoms with van der Waals surface area (Å²) in [5.74, 6) is -1.46. The number of benzene rings is 1. The van der Waals surface area contributed by atoms with Crippen LogP contribution < -0.4 is 5.32 Å². The van der Waals surface area contributed by atoms with Crippen molar-refractivity contribution in [3.05, 3.63) is 35.9 Å². The number of carbonyl (C=O) groups is 3. The second kappa shape index (κ2) is 11.2. The van der Waals surface area contributed by atoms with Crippen LogP contribution in [0.15, 0.2) is 30.3 Å². The van der Waals surface area contributed by atoms with Crippen molar-refractivity contribution in [1.82, 2.24) is 5.32 Å². The van der Waals surface area contributed by atoms with E-state index in [2.05, 4.69) is 5.32 Å². The first-order valence-corrected chi connectivity index (χ1v) is 8.65. The number of hydrogen-bond acceptors (Lipinski definition) is 5. The smallest absolute Gasteiger partial charge is 0.313 e. The van der Waals surface area contributed by atoms with Crippen LogP contribution in [-0.4, -0.2) is 31.0 Å². The van der Waals surface area contributed by atoms with E-state index in [1.165, 1.54) is 6.92 Å². The maximum absolute atomic E-state index is 12.2. The Labute approximate surface area is 148 Å². The van der Waals surface area contributed by atoms with Crippen LogP contribution in [0.25, 0.3) is 0 Å². The topological polar surface area (TPSA) is 81.7 Å². The summed E-state index contributed by atoms with van der Waals surface area (Å²) in [6.07, 6.45) is 0.467. The first-order chi connectivity index (χ1) is 12.0. The molecule has 6 nitrogen and oxygen atoms in total. The standard InChI is InChI=1S/C19H27NO5/c1-4-16(19(23)24-5-2)18(15-10-7-6-8-11-15)25-17(22)12-9-13-20-14(3)21/h6-8,10-11,16,18H,4-5,9,12-13H2,1-3H3,(H,20,21)/t16-,18+/m1/s1. The van der Waals surface area contributed by atoms with E-state index in [9.17, 15) is 14.4 Å². The van der Waals surface area contributed by atoms with E-state index in [1.807, 2.05) is 37.3 Å². The summed E-state index contributed by atoms with van der Waals surface area (Å²) in [5.41, 5.74) is 0.762. The normalized spacial score (nSPS) is 12.8. The zero-order valence-electron chi connectivity index (χ0n) is 15.1. The van der Waals surface area contributed by atoms with E-state index < -0.39 is 18.0 Å². The van der Waals surface area contributed by atoms with Crippen molar-refractivity contribution in [3.8, 4) is 0 Å². The van der Waals surface area contributed by atoms with Crippen molar-refractivity contribution in [1.29, 1.82) is 0 Å². The van der Waals surface area contributed by atoms with Gasteiger partial charge in [-0.3, -0.25) is 14.4 Å². The fourth-order valence-corrected chi connectivity index (χ4v) is 2.48. The second-order valence-corrected chi connectivity index (χ2v) is 5.67. The van der Waals surface area contributed by atoms with Gasteiger partial charge in [-0.2, -0.15) is 0 Å². The van der Waals surface area contributed by atoms with Crippen LogP contribution in [0.3, 0.4) is 0 Å². The molecule has 0 heterocycles. The summed E-state index contributed by atoms with van der Waals surface area (Å²) in [4.78, 5) is 35.3. The molecular weight excluding hydrogens is 322 g/mol. The number of carbonyl (C=O) groups excluding carboxylic acids is 3. The van der Waals surface area contributed by atoms with Gasteiger partial charge < -0.3 is 14.8 Å². The average Bonchev–Trinajstić information content (AvgIpc) is 2.59. The Kier molecular flexibility index (Phi) is 9.29. The quantitative estimate of drug-likeness (QED) is 0.519. The lowest BCUT2D eigenvalue weighted by Gasteiger charge is -2.25. The third-order valence-corrected chi connectivity index (χ3v) is 3.71. The molecule has 0 bridgehead atoms. The van der Waals surface area contributed by atoms with Crippen LogP contribution in [0.4, 0.5) is 0 Å². The molecule has 1 rings (SSSR count). The minimum Gasteiger partial charge on any atom is -0.466 e. The molecule has 0 aromatic heterocycles. The number of esters is 2. The SMILES string of the molecule is CCOC(=O)[C@H](CC)[C@@H](OC(=O)CCCNC(C)=O)c1ccccc1. The molecule has 1 amide bonds. The van der Waals surface area contributed by atoms with Crippen molar-refractivity contribution in [2.45, 2.75) is 46.1 Å². The summed E-state index contributed by atoms with van der Waals surface area (Å²) in [6.45, 7) is 5.73. The molecule has 0 saturated carbocycles. The van der Waals surface area contributed by atoms with E-state index in [0.717, 1.165) is 5.56 Å². The summed E-state index contributed by atoms with van der Waals surface area (Å²) in [7, 11) is 0. The molecule has 0 aliphatic carbocycles. The fourth-order valence-electron chi connectivity index (χ4n) is 2.48. The first-order valence-electron chi connectivity index (χ1n) is 8.65. The highest BCUT2D eigenvalue weighted by Crippen LogP contribution is 2.30. The van der Waals surface area contributed by atoms with E-state index in [-0.39, 0.29) is 24.9 Å².